The van der Waals surface area contributed by atoms with Gasteiger partial charge in [0, 0.05) is 20.7 Å². The van der Waals surface area contributed by atoms with E-state index in [9.17, 15) is 9.59 Å². The second-order valence-corrected chi connectivity index (χ2v) is 5.78. The maximum absolute atomic E-state index is 12.4. The summed E-state index contributed by atoms with van der Waals surface area (Å²) in [5.74, 6) is 1.01. The number of carbonyl (C=O) groups is 2. The zero-order valence-electron chi connectivity index (χ0n) is 12.4. The predicted octanol–water partition coefficient (Wildman–Crippen LogP) is -0.404. The maximum Gasteiger partial charge on any atom is 0.240 e. The highest BCUT2D eigenvalue weighted by atomic mass is 16.5. The molecule has 2 rings (SSSR count). The number of nitrogens with one attached hydrogen (secondary N) is 2. The fraction of sp³-hybridized carbons (Fsp3) is 0.857. The van der Waals surface area contributed by atoms with Crippen LogP contribution < -0.4 is 10.6 Å². The van der Waals surface area contributed by atoms with Gasteiger partial charge in [-0.1, -0.05) is 6.42 Å². The van der Waals surface area contributed by atoms with Crippen molar-refractivity contribution in [3.05, 3.63) is 0 Å². The molecular formula is C14H25N3O3. The quantitative estimate of drug-likeness (QED) is 0.651. The lowest BCUT2D eigenvalue weighted by Gasteiger charge is -2.24. The Morgan fingerprint density at radius 1 is 1.40 bits per heavy atom. The number of amides is 2. The molecule has 1 saturated heterocycles. The van der Waals surface area contributed by atoms with E-state index in [4.69, 9.17) is 4.74 Å². The Balaban J connectivity index is 1.78. The molecule has 0 aromatic rings. The first-order valence-corrected chi connectivity index (χ1v) is 7.37. The van der Waals surface area contributed by atoms with Gasteiger partial charge in [0.05, 0.1) is 19.2 Å². The number of ether oxygens (including phenoxy) is 1. The highest BCUT2D eigenvalue weighted by Crippen LogP contribution is 2.38. The molecular weight excluding hydrogens is 258 g/mol. The Kier molecular flexibility index (Phi) is 5.37. The fourth-order valence-corrected chi connectivity index (χ4v) is 3.34. The Bertz CT molecular complexity index is 362. The van der Waals surface area contributed by atoms with Gasteiger partial charge in [0.2, 0.25) is 11.8 Å². The molecule has 1 saturated carbocycles. The average molecular weight is 283 g/mol. The molecule has 1 aliphatic heterocycles. The number of carbonyl (C=O) groups excluding carboxylic acids is 2. The van der Waals surface area contributed by atoms with Crippen LogP contribution in [0.3, 0.4) is 0 Å². The zero-order valence-corrected chi connectivity index (χ0v) is 12.4. The summed E-state index contributed by atoms with van der Waals surface area (Å²) in [6.07, 6.45) is 3.58. The molecule has 3 atom stereocenters. The second kappa shape index (κ2) is 7.04. The van der Waals surface area contributed by atoms with E-state index in [1.807, 2.05) is 0 Å². The van der Waals surface area contributed by atoms with E-state index in [2.05, 4.69) is 10.6 Å². The van der Waals surface area contributed by atoms with E-state index in [0.29, 0.717) is 25.0 Å². The predicted molar refractivity (Wildman–Crippen MR) is 75.1 cm³/mol. The van der Waals surface area contributed by atoms with Crippen molar-refractivity contribution < 1.29 is 14.3 Å². The molecule has 0 spiro atoms. The van der Waals surface area contributed by atoms with Gasteiger partial charge in [0.15, 0.2) is 0 Å². The summed E-state index contributed by atoms with van der Waals surface area (Å²) in [7, 11) is 3.29. The Labute approximate surface area is 120 Å². The summed E-state index contributed by atoms with van der Waals surface area (Å²) in [4.78, 5) is 25.6. The molecule has 20 heavy (non-hydrogen) atoms. The minimum atomic E-state index is -0.140. The van der Waals surface area contributed by atoms with Crippen molar-refractivity contribution in [1.82, 2.24) is 15.5 Å². The normalized spacial score (nSPS) is 28.2. The van der Waals surface area contributed by atoms with Gasteiger partial charge in [0.1, 0.15) is 0 Å². The van der Waals surface area contributed by atoms with E-state index in [-0.39, 0.29) is 24.4 Å². The van der Waals surface area contributed by atoms with Crippen molar-refractivity contribution in [3.8, 4) is 0 Å². The number of methoxy groups -OCH3 is 1. The lowest BCUT2D eigenvalue weighted by atomic mass is 9.93. The average Bonchev–Trinajstić information content (AvgIpc) is 3.00. The summed E-state index contributed by atoms with van der Waals surface area (Å²) in [5.41, 5.74) is 0. The summed E-state index contributed by atoms with van der Waals surface area (Å²) in [6.45, 7) is 2.01. The molecule has 0 radical (unpaired) electrons. The van der Waals surface area contributed by atoms with Crippen molar-refractivity contribution in [1.29, 1.82) is 0 Å². The van der Waals surface area contributed by atoms with Gasteiger partial charge >= 0.3 is 0 Å². The fourth-order valence-electron chi connectivity index (χ4n) is 3.34. The van der Waals surface area contributed by atoms with Crippen molar-refractivity contribution in [2.24, 2.45) is 11.8 Å². The highest BCUT2D eigenvalue weighted by molar-refractivity contribution is 5.87. The van der Waals surface area contributed by atoms with Crippen LogP contribution in [0.5, 0.6) is 0 Å². The molecule has 2 aliphatic rings. The molecule has 0 aromatic carbocycles. The summed E-state index contributed by atoms with van der Waals surface area (Å²) in [6, 6.07) is -0.0979. The van der Waals surface area contributed by atoms with Crippen LogP contribution in [0.25, 0.3) is 0 Å². The highest BCUT2D eigenvalue weighted by Gasteiger charge is 2.43. The van der Waals surface area contributed by atoms with Crippen LogP contribution >= 0.6 is 0 Å². The van der Waals surface area contributed by atoms with Gasteiger partial charge in [0.25, 0.3) is 0 Å². The van der Waals surface area contributed by atoms with Crippen molar-refractivity contribution >= 4 is 11.8 Å². The number of nitrogens with zero attached hydrogens (tertiary/aromatic N) is 1. The zero-order chi connectivity index (χ0) is 14.5. The lowest BCUT2D eigenvalue weighted by molar-refractivity contribution is -0.137. The van der Waals surface area contributed by atoms with Crippen molar-refractivity contribution in [2.75, 3.05) is 40.4 Å². The molecule has 2 fully saturated rings. The van der Waals surface area contributed by atoms with E-state index < -0.39 is 0 Å². The first kappa shape index (κ1) is 15.3. The monoisotopic (exact) mass is 283 g/mol. The van der Waals surface area contributed by atoms with Gasteiger partial charge in [-0.15, -0.1) is 0 Å². The third-order valence-electron chi connectivity index (χ3n) is 4.40. The number of rotatable bonds is 6. The summed E-state index contributed by atoms with van der Waals surface area (Å²) >= 11 is 0. The third-order valence-corrected chi connectivity index (χ3v) is 4.40. The number of hydrogen-bond acceptors (Lipinski definition) is 4. The SMILES string of the molecule is COCCNC(=O)CN(C)C(=O)C1NCC2CCCC21. The third kappa shape index (κ3) is 3.49. The Hall–Kier alpha value is -1.14. The van der Waals surface area contributed by atoms with Crippen LogP contribution in [-0.4, -0.2) is 63.2 Å². The van der Waals surface area contributed by atoms with Crippen LogP contribution in [0.2, 0.25) is 0 Å². The summed E-state index contributed by atoms with van der Waals surface area (Å²) < 4.78 is 4.87. The molecule has 2 N–H and O–H groups in total. The molecule has 0 bridgehead atoms. The Morgan fingerprint density at radius 3 is 2.95 bits per heavy atom. The van der Waals surface area contributed by atoms with Crippen LogP contribution in [-0.2, 0) is 14.3 Å². The molecule has 6 heteroatoms. The minimum Gasteiger partial charge on any atom is -0.383 e. The van der Waals surface area contributed by atoms with Crippen molar-refractivity contribution in [3.63, 3.8) is 0 Å². The van der Waals surface area contributed by atoms with Crippen molar-refractivity contribution in [2.45, 2.75) is 25.3 Å². The van der Waals surface area contributed by atoms with Crippen LogP contribution in [0.4, 0.5) is 0 Å². The Morgan fingerprint density at radius 2 is 2.20 bits per heavy atom. The molecule has 1 heterocycles. The van der Waals surface area contributed by atoms with Crippen LogP contribution in [0.1, 0.15) is 19.3 Å². The topological polar surface area (TPSA) is 70.7 Å². The summed E-state index contributed by atoms with van der Waals surface area (Å²) in [5, 5.41) is 6.05. The molecule has 2 amide bonds. The molecule has 114 valence electrons. The van der Waals surface area contributed by atoms with Gasteiger partial charge < -0.3 is 20.3 Å². The largest absolute Gasteiger partial charge is 0.383 e. The van der Waals surface area contributed by atoms with E-state index in [1.54, 1.807) is 14.2 Å². The first-order chi connectivity index (χ1) is 9.63. The van der Waals surface area contributed by atoms with E-state index in [0.717, 1.165) is 13.0 Å². The number of fused-ring (bicyclic) bond motifs is 1. The molecule has 3 unspecified atom stereocenters. The van der Waals surface area contributed by atoms with Gasteiger partial charge in [-0.3, -0.25) is 9.59 Å². The number of likely N-dealkylation sites (N-methyl/N-ethyl adjacent to an activating group) is 1. The van der Waals surface area contributed by atoms with Crippen LogP contribution in [0.15, 0.2) is 0 Å². The molecule has 1 aliphatic carbocycles. The maximum atomic E-state index is 12.4. The number of hydrogen-bond donors (Lipinski definition) is 2. The van der Waals surface area contributed by atoms with Gasteiger partial charge in [-0.05, 0) is 31.2 Å². The molecule has 0 aromatic heterocycles. The van der Waals surface area contributed by atoms with Gasteiger partial charge in [-0.2, -0.15) is 0 Å². The standard InChI is InChI=1S/C14H25N3O3/c1-17(9-12(18)15-6-7-20-2)14(19)13-11-5-3-4-10(11)8-16-13/h10-11,13,16H,3-9H2,1-2H3,(H,15,18). The van der Waals surface area contributed by atoms with E-state index in [1.165, 1.54) is 17.7 Å². The van der Waals surface area contributed by atoms with Gasteiger partial charge in [-0.25, -0.2) is 0 Å². The van der Waals surface area contributed by atoms with Crippen LogP contribution in [0, 0.1) is 11.8 Å². The van der Waals surface area contributed by atoms with E-state index >= 15 is 0 Å². The lowest BCUT2D eigenvalue weighted by Crippen LogP contribution is -2.48. The minimum absolute atomic E-state index is 0.0429. The first-order valence-electron chi connectivity index (χ1n) is 7.37. The second-order valence-electron chi connectivity index (χ2n) is 5.78. The molecule has 6 nitrogen and oxygen atoms in total. The smallest absolute Gasteiger partial charge is 0.240 e.